The maximum absolute atomic E-state index is 11.6. The number of nitrogens with one attached hydrogen (secondary N) is 2. The van der Waals surface area contributed by atoms with Crippen LogP contribution in [0.1, 0.15) is 19.3 Å². The smallest absolute Gasteiger partial charge is 0.328 e. The number of amides is 2. The van der Waals surface area contributed by atoms with Gasteiger partial charge in [-0.15, -0.1) is 0 Å². The molecule has 18 heavy (non-hydrogen) atoms. The summed E-state index contributed by atoms with van der Waals surface area (Å²) in [4.78, 5) is 34.4. The highest BCUT2D eigenvalue weighted by molar-refractivity contribution is 5.86. The highest BCUT2D eigenvalue weighted by Gasteiger charge is 2.30. The molecule has 0 spiro atoms. The van der Waals surface area contributed by atoms with E-state index in [9.17, 15) is 14.4 Å². The van der Waals surface area contributed by atoms with Crippen molar-refractivity contribution in [3.8, 4) is 0 Å². The van der Waals surface area contributed by atoms with E-state index in [1.54, 1.807) is 0 Å². The average Bonchev–Trinajstić information content (AvgIpc) is 2.39. The lowest BCUT2D eigenvalue weighted by Gasteiger charge is -2.25. The highest BCUT2D eigenvalue weighted by Crippen LogP contribution is 2.17. The van der Waals surface area contributed by atoms with Gasteiger partial charge in [0.15, 0.2) is 0 Å². The third kappa shape index (κ3) is 3.99. The van der Waals surface area contributed by atoms with Crippen LogP contribution < -0.4 is 16.4 Å². The zero-order chi connectivity index (χ0) is 13.5. The summed E-state index contributed by atoms with van der Waals surface area (Å²) in [5, 5.41) is 5.20. The van der Waals surface area contributed by atoms with E-state index in [0.29, 0.717) is 13.0 Å². The first-order valence-electron chi connectivity index (χ1n) is 5.93. The van der Waals surface area contributed by atoms with Gasteiger partial charge in [-0.05, 0) is 19.3 Å². The van der Waals surface area contributed by atoms with Crippen LogP contribution in [0.15, 0.2) is 0 Å². The van der Waals surface area contributed by atoms with Gasteiger partial charge >= 0.3 is 5.97 Å². The Kier molecular flexibility index (Phi) is 5.57. The lowest BCUT2D eigenvalue weighted by Crippen LogP contribution is -2.47. The lowest BCUT2D eigenvalue weighted by atomic mass is 9.91. The Morgan fingerprint density at radius 3 is 2.89 bits per heavy atom. The number of piperidine rings is 1. The van der Waals surface area contributed by atoms with Gasteiger partial charge in [-0.3, -0.25) is 9.59 Å². The van der Waals surface area contributed by atoms with Gasteiger partial charge in [0.1, 0.15) is 6.04 Å². The fraction of sp³-hybridized carbons (Fsp3) is 0.727. The minimum atomic E-state index is -0.820. The van der Waals surface area contributed by atoms with Crippen molar-refractivity contribution in [2.75, 3.05) is 20.2 Å². The number of rotatable bonds is 5. The molecule has 102 valence electrons. The van der Waals surface area contributed by atoms with Gasteiger partial charge < -0.3 is 21.1 Å². The molecule has 0 bridgehead atoms. The molecule has 1 saturated heterocycles. The first-order valence-corrected chi connectivity index (χ1v) is 5.93. The van der Waals surface area contributed by atoms with E-state index in [1.807, 2.05) is 0 Å². The van der Waals surface area contributed by atoms with Crippen molar-refractivity contribution < 1.29 is 19.1 Å². The van der Waals surface area contributed by atoms with Crippen LogP contribution in [0.25, 0.3) is 0 Å². The molecule has 2 amide bonds. The summed E-state index contributed by atoms with van der Waals surface area (Å²) < 4.78 is 4.61. The van der Waals surface area contributed by atoms with Crippen molar-refractivity contribution in [2.24, 2.45) is 11.7 Å². The molecule has 1 rings (SSSR count). The Hall–Kier alpha value is -1.63. The van der Waals surface area contributed by atoms with Crippen LogP contribution in [-0.2, 0) is 19.1 Å². The van der Waals surface area contributed by atoms with Gasteiger partial charge in [0.2, 0.25) is 11.8 Å². The summed E-state index contributed by atoms with van der Waals surface area (Å²) >= 11 is 0. The molecule has 1 fully saturated rings. The fourth-order valence-corrected chi connectivity index (χ4v) is 1.95. The molecule has 0 aromatic heterocycles. The third-order valence-corrected chi connectivity index (χ3v) is 2.93. The molecule has 0 unspecified atom stereocenters. The summed E-state index contributed by atoms with van der Waals surface area (Å²) in [5.41, 5.74) is 5.18. The zero-order valence-electron chi connectivity index (χ0n) is 10.4. The second-order valence-corrected chi connectivity index (χ2v) is 4.21. The van der Waals surface area contributed by atoms with Crippen molar-refractivity contribution in [1.82, 2.24) is 10.6 Å². The van der Waals surface area contributed by atoms with Crippen LogP contribution in [0.3, 0.4) is 0 Å². The first-order chi connectivity index (χ1) is 8.58. The van der Waals surface area contributed by atoms with Crippen LogP contribution >= 0.6 is 0 Å². The molecule has 1 heterocycles. The van der Waals surface area contributed by atoms with Crippen molar-refractivity contribution in [2.45, 2.75) is 25.3 Å². The summed E-state index contributed by atoms with van der Waals surface area (Å²) in [7, 11) is 1.24. The summed E-state index contributed by atoms with van der Waals surface area (Å²) in [6, 6.07) is -0.820. The Balaban J connectivity index is 2.62. The van der Waals surface area contributed by atoms with Crippen LogP contribution in [0, 0.1) is 5.92 Å². The minimum absolute atomic E-state index is 0.0860. The molecule has 1 aliphatic heterocycles. The van der Waals surface area contributed by atoms with E-state index in [4.69, 9.17) is 5.73 Å². The number of hydrogen-bond acceptors (Lipinski definition) is 5. The summed E-state index contributed by atoms with van der Waals surface area (Å²) in [6.45, 7) is 0.456. The molecule has 0 aromatic carbocycles. The number of methoxy groups -OCH3 is 1. The van der Waals surface area contributed by atoms with Gasteiger partial charge in [0.25, 0.3) is 0 Å². The van der Waals surface area contributed by atoms with Crippen LogP contribution in [0.4, 0.5) is 0 Å². The first kappa shape index (κ1) is 14.4. The molecule has 2 atom stereocenters. The van der Waals surface area contributed by atoms with Crippen molar-refractivity contribution in [1.29, 1.82) is 0 Å². The van der Waals surface area contributed by atoms with Crippen LogP contribution in [-0.4, -0.2) is 44.0 Å². The average molecular weight is 257 g/mol. The molecule has 0 saturated carbocycles. The molecular weight excluding hydrogens is 238 g/mol. The molecule has 0 radical (unpaired) electrons. The number of esters is 1. The van der Waals surface area contributed by atoms with Crippen LogP contribution in [0.5, 0.6) is 0 Å². The Morgan fingerprint density at radius 1 is 1.61 bits per heavy atom. The normalized spacial score (nSPS) is 20.8. The summed E-state index contributed by atoms with van der Waals surface area (Å²) in [6.07, 6.45) is 1.82. The van der Waals surface area contributed by atoms with Crippen molar-refractivity contribution >= 4 is 17.8 Å². The van der Waals surface area contributed by atoms with Crippen LogP contribution in [0.2, 0.25) is 0 Å². The highest BCUT2D eigenvalue weighted by atomic mass is 16.5. The minimum Gasteiger partial charge on any atom is -0.467 e. The number of nitrogens with two attached hydrogens (primary N) is 1. The van der Waals surface area contributed by atoms with Gasteiger partial charge in [-0.25, -0.2) is 4.79 Å². The van der Waals surface area contributed by atoms with Gasteiger partial charge in [-0.2, -0.15) is 0 Å². The van der Waals surface area contributed by atoms with E-state index < -0.39 is 17.9 Å². The summed E-state index contributed by atoms with van der Waals surface area (Å²) in [5.74, 6) is -1.37. The maximum atomic E-state index is 11.6. The standard InChI is InChI=1S/C11H19N3O4/c1-18-11(17)8(14-9(15)6-12)5-7-3-2-4-13-10(7)16/h7-8H,2-6,12H2,1H3,(H,13,16)(H,14,15)/t7-,8-/m0/s1. The zero-order valence-corrected chi connectivity index (χ0v) is 10.4. The maximum Gasteiger partial charge on any atom is 0.328 e. The van der Waals surface area contributed by atoms with E-state index in [-0.39, 0.29) is 24.8 Å². The van der Waals surface area contributed by atoms with Gasteiger partial charge in [0, 0.05) is 12.5 Å². The second-order valence-electron chi connectivity index (χ2n) is 4.21. The van der Waals surface area contributed by atoms with Gasteiger partial charge in [-0.1, -0.05) is 0 Å². The quantitative estimate of drug-likeness (QED) is 0.520. The fourth-order valence-electron chi connectivity index (χ4n) is 1.95. The molecule has 7 heteroatoms. The number of carbonyl (C=O) groups excluding carboxylic acids is 3. The van der Waals surface area contributed by atoms with Gasteiger partial charge in [0.05, 0.1) is 13.7 Å². The number of ether oxygens (including phenoxy) is 1. The predicted octanol–water partition coefficient (Wildman–Crippen LogP) is -1.48. The largest absolute Gasteiger partial charge is 0.467 e. The number of hydrogen-bond donors (Lipinski definition) is 3. The Morgan fingerprint density at radius 2 is 2.33 bits per heavy atom. The predicted molar refractivity (Wildman–Crippen MR) is 63.4 cm³/mol. The SMILES string of the molecule is COC(=O)[C@H](C[C@@H]1CCCNC1=O)NC(=O)CN. The molecule has 1 aliphatic rings. The second kappa shape index (κ2) is 6.95. The molecular formula is C11H19N3O4. The third-order valence-electron chi connectivity index (χ3n) is 2.93. The van der Waals surface area contributed by atoms with Crippen molar-refractivity contribution in [3.63, 3.8) is 0 Å². The van der Waals surface area contributed by atoms with E-state index in [2.05, 4.69) is 15.4 Å². The van der Waals surface area contributed by atoms with Crippen molar-refractivity contribution in [3.05, 3.63) is 0 Å². The monoisotopic (exact) mass is 257 g/mol. The van der Waals surface area contributed by atoms with E-state index in [1.165, 1.54) is 7.11 Å². The Labute approximate surface area is 105 Å². The molecule has 0 aliphatic carbocycles. The van der Waals surface area contributed by atoms with E-state index in [0.717, 1.165) is 6.42 Å². The Bertz CT molecular complexity index is 332. The molecule has 7 nitrogen and oxygen atoms in total. The number of carbonyl (C=O) groups is 3. The van der Waals surface area contributed by atoms with E-state index >= 15 is 0 Å². The molecule has 0 aromatic rings. The topological polar surface area (TPSA) is 111 Å². The molecule has 4 N–H and O–H groups in total. The lowest BCUT2D eigenvalue weighted by molar-refractivity contribution is -0.146.